The van der Waals surface area contributed by atoms with Gasteiger partial charge in [0.1, 0.15) is 5.76 Å². The molecule has 1 N–H and O–H groups in total. The molecule has 0 aliphatic rings. The molecule has 0 unspecified atom stereocenters. The van der Waals surface area contributed by atoms with E-state index in [0.29, 0.717) is 17.1 Å². The van der Waals surface area contributed by atoms with Crippen molar-refractivity contribution < 1.29 is 14.3 Å². The highest BCUT2D eigenvalue weighted by molar-refractivity contribution is 7.21. The van der Waals surface area contributed by atoms with Gasteiger partial charge in [0.2, 0.25) is 0 Å². The summed E-state index contributed by atoms with van der Waals surface area (Å²) in [4.78, 5) is 15.9. The fraction of sp³-hybridized carbons (Fsp3) is 0.0526. The van der Waals surface area contributed by atoms with E-state index in [0.717, 1.165) is 20.8 Å². The molecule has 2 heterocycles. The largest absolute Gasteiger partial charge is 0.478 e. The Morgan fingerprint density at radius 3 is 2.62 bits per heavy atom. The molecule has 2 aromatic carbocycles. The van der Waals surface area contributed by atoms with Crippen molar-refractivity contribution in [1.82, 2.24) is 4.98 Å². The van der Waals surface area contributed by atoms with Crippen LogP contribution in [0.3, 0.4) is 0 Å². The van der Waals surface area contributed by atoms with Gasteiger partial charge >= 0.3 is 5.97 Å². The summed E-state index contributed by atoms with van der Waals surface area (Å²) in [6.07, 6.45) is 0. The minimum atomic E-state index is -0.938. The Kier molecular flexibility index (Phi) is 3.43. The molecule has 4 aromatic rings. The van der Waals surface area contributed by atoms with Gasteiger partial charge in [-0.2, -0.15) is 0 Å². The first-order valence-corrected chi connectivity index (χ1v) is 8.24. The van der Waals surface area contributed by atoms with E-state index < -0.39 is 5.97 Å². The maximum Gasteiger partial charge on any atom is 0.335 e. The van der Waals surface area contributed by atoms with Crippen molar-refractivity contribution in [3.8, 4) is 22.1 Å². The number of hydrogen-bond donors (Lipinski definition) is 1. The third-order valence-electron chi connectivity index (χ3n) is 3.94. The lowest BCUT2D eigenvalue weighted by Gasteiger charge is -2.05. The number of hydrogen-bond acceptors (Lipinski definition) is 4. The monoisotopic (exact) mass is 335 g/mol. The molecule has 0 bridgehead atoms. The number of nitrogens with zero attached hydrogens (tertiary/aromatic N) is 1. The van der Waals surface area contributed by atoms with Gasteiger partial charge in [-0.3, -0.25) is 0 Å². The normalized spacial score (nSPS) is 11.0. The fourth-order valence-corrected chi connectivity index (χ4v) is 3.64. The second-order valence-electron chi connectivity index (χ2n) is 5.43. The molecule has 0 aliphatic carbocycles. The minimum Gasteiger partial charge on any atom is -0.478 e. The van der Waals surface area contributed by atoms with E-state index in [-0.39, 0.29) is 5.56 Å². The van der Waals surface area contributed by atoms with Crippen molar-refractivity contribution in [2.45, 2.75) is 6.92 Å². The lowest BCUT2D eigenvalue weighted by Crippen LogP contribution is -2.00. The first kappa shape index (κ1) is 14.7. The number of carboxylic acid groups (broad SMARTS) is 1. The number of furan rings is 1. The summed E-state index contributed by atoms with van der Waals surface area (Å²) in [6, 6.07) is 16.9. The van der Waals surface area contributed by atoms with Crippen molar-refractivity contribution in [1.29, 1.82) is 0 Å². The number of thiazole rings is 1. The number of carbonyl (C=O) groups is 1. The van der Waals surface area contributed by atoms with Gasteiger partial charge in [0.15, 0.2) is 10.8 Å². The molecule has 4 nitrogen and oxygen atoms in total. The maximum atomic E-state index is 11.3. The SMILES string of the molecule is Cc1c(C(=O)O)cccc1-c1ccc(-c2nc3ccccc3s2)o1. The van der Waals surface area contributed by atoms with Crippen LogP contribution in [0.15, 0.2) is 59.0 Å². The summed E-state index contributed by atoms with van der Waals surface area (Å²) >= 11 is 1.57. The highest BCUT2D eigenvalue weighted by atomic mass is 32.1. The smallest absolute Gasteiger partial charge is 0.335 e. The highest BCUT2D eigenvalue weighted by Gasteiger charge is 2.15. The number of fused-ring (bicyclic) bond motifs is 1. The van der Waals surface area contributed by atoms with Crippen LogP contribution in [0, 0.1) is 6.92 Å². The molecule has 0 saturated heterocycles. The van der Waals surface area contributed by atoms with Gasteiger partial charge < -0.3 is 9.52 Å². The topological polar surface area (TPSA) is 63.3 Å². The molecule has 0 saturated carbocycles. The van der Waals surface area contributed by atoms with E-state index in [1.807, 2.05) is 42.5 Å². The number of aromatic carboxylic acids is 1. The molecule has 0 radical (unpaired) electrons. The van der Waals surface area contributed by atoms with Crippen molar-refractivity contribution >= 4 is 27.5 Å². The maximum absolute atomic E-state index is 11.3. The van der Waals surface area contributed by atoms with Crippen LogP contribution in [0.25, 0.3) is 32.3 Å². The summed E-state index contributed by atoms with van der Waals surface area (Å²) in [5, 5.41) is 10.1. The van der Waals surface area contributed by atoms with Crippen molar-refractivity contribution in [3.63, 3.8) is 0 Å². The van der Waals surface area contributed by atoms with Gasteiger partial charge in [0.25, 0.3) is 0 Å². The molecular weight excluding hydrogens is 322 g/mol. The Bertz CT molecular complexity index is 1030. The molecule has 0 aliphatic heterocycles. The third kappa shape index (κ3) is 2.39. The summed E-state index contributed by atoms with van der Waals surface area (Å²) in [6.45, 7) is 1.79. The third-order valence-corrected chi connectivity index (χ3v) is 4.99. The first-order chi connectivity index (χ1) is 11.6. The predicted octanol–water partition coefficient (Wildman–Crippen LogP) is 5.23. The van der Waals surface area contributed by atoms with Crippen LogP contribution in [-0.4, -0.2) is 16.1 Å². The standard InChI is InChI=1S/C19H13NO3S/c1-11-12(5-4-6-13(11)19(21)22)15-9-10-16(23-15)18-20-14-7-2-3-8-17(14)24-18/h2-10H,1H3,(H,21,22). The van der Waals surface area contributed by atoms with Gasteiger partial charge in [-0.05, 0) is 42.8 Å². The number of benzene rings is 2. The quantitative estimate of drug-likeness (QED) is 0.557. The summed E-state index contributed by atoms with van der Waals surface area (Å²) in [7, 11) is 0. The van der Waals surface area contributed by atoms with E-state index in [4.69, 9.17) is 4.42 Å². The molecule has 5 heteroatoms. The van der Waals surface area contributed by atoms with E-state index in [9.17, 15) is 9.90 Å². The fourth-order valence-electron chi connectivity index (χ4n) is 2.71. The highest BCUT2D eigenvalue weighted by Crippen LogP contribution is 2.35. The Labute approximate surface area is 142 Å². The van der Waals surface area contributed by atoms with Gasteiger partial charge in [-0.25, -0.2) is 9.78 Å². The van der Waals surface area contributed by atoms with Gasteiger partial charge in [0, 0.05) is 5.56 Å². The van der Waals surface area contributed by atoms with Crippen LogP contribution in [0.1, 0.15) is 15.9 Å². The van der Waals surface area contributed by atoms with E-state index in [2.05, 4.69) is 4.98 Å². The molecule has 0 amide bonds. The zero-order valence-electron chi connectivity index (χ0n) is 12.8. The Hall–Kier alpha value is -2.92. The molecule has 24 heavy (non-hydrogen) atoms. The van der Waals surface area contributed by atoms with Crippen LogP contribution in [0.4, 0.5) is 0 Å². The second kappa shape index (κ2) is 5.62. The average molecular weight is 335 g/mol. The van der Waals surface area contributed by atoms with E-state index >= 15 is 0 Å². The molecule has 0 fully saturated rings. The van der Waals surface area contributed by atoms with Crippen LogP contribution >= 0.6 is 11.3 Å². The average Bonchev–Trinajstić information content (AvgIpc) is 3.21. The predicted molar refractivity (Wildman–Crippen MR) is 94.5 cm³/mol. The summed E-state index contributed by atoms with van der Waals surface area (Å²) < 4.78 is 7.06. The van der Waals surface area contributed by atoms with E-state index in [1.54, 1.807) is 30.4 Å². The van der Waals surface area contributed by atoms with Crippen molar-refractivity contribution in [2.75, 3.05) is 0 Å². The summed E-state index contributed by atoms with van der Waals surface area (Å²) in [5.74, 6) is 0.392. The molecule has 118 valence electrons. The Morgan fingerprint density at radius 2 is 1.83 bits per heavy atom. The Balaban J connectivity index is 1.78. The summed E-state index contributed by atoms with van der Waals surface area (Å²) in [5.41, 5.74) is 2.70. The number of carboxylic acids is 1. The molecular formula is C19H13NO3S. The zero-order chi connectivity index (χ0) is 16.7. The van der Waals surface area contributed by atoms with Crippen LogP contribution in [-0.2, 0) is 0 Å². The van der Waals surface area contributed by atoms with Crippen molar-refractivity contribution in [2.24, 2.45) is 0 Å². The van der Waals surface area contributed by atoms with Crippen molar-refractivity contribution in [3.05, 3.63) is 65.7 Å². The first-order valence-electron chi connectivity index (χ1n) is 7.42. The molecule has 2 aromatic heterocycles. The minimum absolute atomic E-state index is 0.283. The van der Waals surface area contributed by atoms with Crippen LogP contribution in [0.5, 0.6) is 0 Å². The zero-order valence-corrected chi connectivity index (χ0v) is 13.6. The number of rotatable bonds is 3. The van der Waals surface area contributed by atoms with Crippen LogP contribution in [0.2, 0.25) is 0 Å². The van der Waals surface area contributed by atoms with Crippen LogP contribution < -0.4 is 0 Å². The van der Waals surface area contributed by atoms with Gasteiger partial charge in [0.05, 0.1) is 15.8 Å². The lowest BCUT2D eigenvalue weighted by molar-refractivity contribution is 0.0696. The van der Waals surface area contributed by atoms with Gasteiger partial charge in [-0.1, -0.05) is 24.3 Å². The van der Waals surface area contributed by atoms with E-state index in [1.165, 1.54) is 0 Å². The number of aromatic nitrogens is 1. The lowest BCUT2D eigenvalue weighted by atomic mass is 10.0. The molecule has 0 spiro atoms. The second-order valence-corrected chi connectivity index (χ2v) is 6.46. The number of para-hydroxylation sites is 1. The molecule has 4 rings (SSSR count). The molecule has 0 atom stereocenters. The Morgan fingerprint density at radius 1 is 1.04 bits per heavy atom. The van der Waals surface area contributed by atoms with Gasteiger partial charge in [-0.15, -0.1) is 11.3 Å².